The zero-order chi connectivity index (χ0) is 22.3. The fourth-order valence-electron chi connectivity index (χ4n) is 5.06. The van der Waals surface area contributed by atoms with Crippen LogP contribution in [0.2, 0.25) is 0 Å². The summed E-state index contributed by atoms with van der Waals surface area (Å²) < 4.78 is 8.66. The molecule has 2 amide bonds. The Balaban J connectivity index is 1.56. The molecule has 0 radical (unpaired) electrons. The summed E-state index contributed by atoms with van der Waals surface area (Å²) in [7, 11) is 0. The van der Waals surface area contributed by atoms with Gasteiger partial charge in [-0.1, -0.05) is 19.3 Å². The van der Waals surface area contributed by atoms with Crippen molar-refractivity contribution in [3.8, 4) is 5.75 Å². The summed E-state index contributed by atoms with van der Waals surface area (Å²) in [5, 5.41) is 5.31. The largest absolute Gasteiger partial charge is 0.494 e. The SMILES string of the molecule is CCOc1ccc(N2C(=O)c3cc4sccc4n3C[C@]2(C)C(=O)NC2CCCCC2)cc1. The summed E-state index contributed by atoms with van der Waals surface area (Å²) >= 11 is 1.62. The highest BCUT2D eigenvalue weighted by Gasteiger charge is 2.49. The van der Waals surface area contributed by atoms with Crippen molar-refractivity contribution in [2.24, 2.45) is 0 Å². The second-order valence-corrected chi connectivity index (χ2v) is 9.88. The lowest BCUT2D eigenvalue weighted by Crippen LogP contribution is -2.65. The number of nitrogens with zero attached hydrogens (tertiary/aromatic N) is 2. The van der Waals surface area contributed by atoms with Gasteiger partial charge in [0.15, 0.2) is 0 Å². The first-order valence-electron chi connectivity index (χ1n) is 11.5. The van der Waals surface area contributed by atoms with Crippen LogP contribution >= 0.6 is 11.3 Å². The quantitative estimate of drug-likeness (QED) is 0.596. The van der Waals surface area contributed by atoms with Crippen molar-refractivity contribution in [2.45, 2.75) is 64.1 Å². The number of rotatable bonds is 5. The molecule has 1 aromatic carbocycles. The van der Waals surface area contributed by atoms with E-state index in [0.717, 1.165) is 41.6 Å². The van der Waals surface area contributed by atoms with Gasteiger partial charge in [-0.25, -0.2) is 0 Å². The molecular weight excluding hydrogens is 422 g/mol. The number of amides is 2. The molecule has 1 aliphatic carbocycles. The van der Waals surface area contributed by atoms with Crippen LogP contribution in [-0.2, 0) is 11.3 Å². The number of ether oxygens (including phenoxy) is 1. The van der Waals surface area contributed by atoms with E-state index in [9.17, 15) is 9.59 Å². The Kier molecular flexibility index (Phi) is 5.45. The topological polar surface area (TPSA) is 63.6 Å². The molecule has 1 fully saturated rings. The number of thiophene rings is 1. The summed E-state index contributed by atoms with van der Waals surface area (Å²) in [5.74, 6) is 0.512. The molecule has 0 bridgehead atoms. The number of hydrogen-bond donors (Lipinski definition) is 1. The number of fused-ring (bicyclic) bond motifs is 3. The van der Waals surface area contributed by atoms with Crippen molar-refractivity contribution in [3.05, 3.63) is 47.5 Å². The molecule has 6 nitrogen and oxygen atoms in total. The van der Waals surface area contributed by atoms with Gasteiger partial charge in [-0.15, -0.1) is 11.3 Å². The van der Waals surface area contributed by atoms with E-state index in [4.69, 9.17) is 4.74 Å². The molecule has 0 spiro atoms. The van der Waals surface area contributed by atoms with Gasteiger partial charge >= 0.3 is 0 Å². The molecule has 2 aromatic heterocycles. The van der Waals surface area contributed by atoms with Crippen LogP contribution in [0.25, 0.3) is 10.2 Å². The Morgan fingerprint density at radius 3 is 2.66 bits per heavy atom. The molecule has 168 valence electrons. The number of anilines is 1. The second-order valence-electron chi connectivity index (χ2n) is 8.94. The van der Waals surface area contributed by atoms with Crippen LogP contribution in [0.1, 0.15) is 56.4 Å². The van der Waals surface area contributed by atoms with Crippen LogP contribution in [0, 0.1) is 0 Å². The third kappa shape index (κ3) is 3.48. The zero-order valence-corrected chi connectivity index (χ0v) is 19.4. The molecule has 32 heavy (non-hydrogen) atoms. The Morgan fingerprint density at radius 2 is 1.94 bits per heavy atom. The number of carbonyl (C=O) groups excluding carboxylic acids is 2. The molecule has 1 saturated carbocycles. The average molecular weight is 452 g/mol. The molecular formula is C25H29N3O3S. The van der Waals surface area contributed by atoms with Gasteiger partial charge < -0.3 is 14.6 Å². The van der Waals surface area contributed by atoms with E-state index in [1.54, 1.807) is 16.2 Å². The number of hydrogen-bond acceptors (Lipinski definition) is 4. The Hall–Kier alpha value is -2.80. The lowest BCUT2D eigenvalue weighted by molar-refractivity contribution is -0.127. The Labute approximate surface area is 192 Å². The molecule has 1 aliphatic heterocycles. The lowest BCUT2D eigenvalue weighted by Gasteiger charge is -2.44. The van der Waals surface area contributed by atoms with Crippen molar-refractivity contribution in [3.63, 3.8) is 0 Å². The predicted molar refractivity (Wildman–Crippen MR) is 128 cm³/mol. The second kappa shape index (κ2) is 8.28. The minimum absolute atomic E-state index is 0.0886. The van der Waals surface area contributed by atoms with E-state index in [-0.39, 0.29) is 17.9 Å². The molecule has 1 N–H and O–H groups in total. The number of benzene rings is 1. The van der Waals surface area contributed by atoms with E-state index >= 15 is 0 Å². The highest BCUT2D eigenvalue weighted by Crippen LogP contribution is 2.38. The normalized spacial score (nSPS) is 21.6. The van der Waals surface area contributed by atoms with Gasteiger partial charge in [0, 0.05) is 11.7 Å². The van der Waals surface area contributed by atoms with Gasteiger partial charge in [0.2, 0.25) is 5.91 Å². The summed E-state index contributed by atoms with van der Waals surface area (Å²) in [6, 6.07) is 11.6. The molecule has 7 heteroatoms. The van der Waals surface area contributed by atoms with Gasteiger partial charge in [-0.05, 0) is 68.5 Å². The van der Waals surface area contributed by atoms with Gasteiger partial charge in [0.25, 0.3) is 5.91 Å². The maximum absolute atomic E-state index is 13.8. The lowest BCUT2D eigenvalue weighted by atomic mass is 9.91. The van der Waals surface area contributed by atoms with E-state index < -0.39 is 5.54 Å². The van der Waals surface area contributed by atoms with E-state index in [1.807, 2.05) is 60.2 Å². The van der Waals surface area contributed by atoms with Gasteiger partial charge in [0.05, 0.1) is 23.4 Å². The van der Waals surface area contributed by atoms with E-state index in [0.29, 0.717) is 24.5 Å². The zero-order valence-electron chi connectivity index (χ0n) is 18.6. The van der Waals surface area contributed by atoms with E-state index in [2.05, 4.69) is 5.32 Å². The van der Waals surface area contributed by atoms with Crippen LogP contribution in [0.5, 0.6) is 5.75 Å². The molecule has 3 aromatic rings. The first kappa shape index (κ1) is 21.1. The van der Waals surface area contributed by atoms with Crippen LogP contribution in [0.4, 0.5) is 5.69 Å². The minimum Gasteiger partial charge on any atom is -0.494 e. The van der Waals surface area contributed by atoms with Crippen LogP contribution in [0.3, 0.4) is 0 Å². The molecule has 2 aliphatic rings. The third-order valence-corrected chi connectivity index (χ3v) is 7.59. The van der Waals surface area contributed by atoms with Gasteiger partial charge in [-0.3, -0.25) is 14.5 Å². The monoisotopic (exact) mass is 451 g/mol. The summed E-state index contributed by atoms with van der Waals surface area (Å²) in [6.45, 7) is 4.82. The first-order chi connectivity index (χ1) is 15.5. The summed E-state index contributed by atoms with van der Waals surface area (Å²) in [4.78, 5) is 29.2. The maximum Gasteiger partial charge on any atom is 0.275 e. The Bertz CT molecular complexity index is 1140. The van der Waals surface area contributed by atoms with Crippen molar-refractivity contribution >= 4 is 39.1 Å². The van der Waals surface area contributed by atoms with Crippen LogP contribution in [0.15, 0.2) is 41.8 Å². The fourth-order valence-corrected chi connectivity index (χ4v) is 5.89. The number of aromatic nitrogens is 1. The summed E-state index contributed by atoms with van der Waals surface area (Å²) in [6.07, 6.45) is 5.51. The Morgan fingerprint density at radius 1 is 1.19 bits per heavy atom. The molecule has 0 saturated heterocycles. The summed E-state index contributed by atoms with van der Waals surface area (Å²) in [5.41, 5.74) is 1.31. The van der Waals surface area contributed by atoms with Gasteiger partial charge in [-0.2, -0.15) is 0 Å². The van der Waals surface area contributed by atoms with E-state index in [1.165, 1.54) is 6.42 Å². The number of carbonyl (C=O) groups is 2. The third-order valence-electron chi connectivity index (χ3n) is 6.74. The van der Waals surface area contributed by atoms with Gasteiger partial charge in [0.1, 0.15) is 17.0 Å². The first-order valence-corrected chi connectivity index (χ1v) is 12.3. The number of nitrogens with one attached hydrogen (secondary N) is 1. The highest BCUT2D eigenvalue weighted by molar-refractivity contribution is 7.17. The van der Waals surface area contributed by atoms with Crippen LogP contribution in [-0.4, -0.2) is 34.6 Å². The van der Waals surface area contributed by atoms with Crippen molar-refractivity contribution in [1.82, 2.24) is 9.88 Å². The highest BCUT2D eigenvalue weighted by atomic mass is 32.1. The van der Waals surface area contributed by atoms with Crippen molar-refractivity contribution in [2.75, 3.05) is 11.5 Å². The molecule has 5 rings (SSSR count). The van der Waals surface area contributed by atoms with Crippen LogP contribution < -0.4 is 15.0 Å². The maximum atomic E-state index is 13.8. The van der Waals surface area contributed by atoms with Crippen molar-refractivity contribution in [1.29, 1.82) is 0 Å². The minimum atomic E-state index is -1.04. The predicted octanol–water partition coefficient (Wildman–Crippen LogP) is 4.97. The average Bonchev–Trinajstić information content (AvgIpc) is 3.38. The standard InChI is InChI=1S/C25H29N3O3S/c1-3-31-19-11-9-18(10-12-19)28-23(29)21-15-22-20(13-14-32-22)27(21)16-25(28,2)24(30)26-17-7-5-4-6-8-17/h9-15,17H,3-8,16H2,1-2H3,(H,26,30)/t25-/m1/s1. The van der Waals surface area contributed by atoms with Crippen molar-refractivity contribution < 1.29 is 14.3 Å². The molecule has 1 atom stereocenters. The molecule has 0 unspecified atom stereocenters. The fraction of sp³-hybridized carbons (Fsp3) is 0.440. The smallest absolute Gasteiger partial charge is 0.275 e. The molecule has 3 heterocycles.